The molecule has 0 aromatic heterocycles. The average molecular weight is 956 g/mol. The zero-order chi connectivity index (χ0) is 47.5. The number of hydrogen-bond donors (Lipinski definition) is 5. The largest absolute Gasteiger partial charge is 0.478 e. The van der Waals surface area contributed by atoms with Crippen LogP contribution in [0.5, 0.6) is 0 Å². The topological polar surface area (TPSA) is 261 Å². The molecule has 0 radical (unpaired) electrons. The molecule has 5 N–H and O–H groups in total. The monoisotopic (exact) mass is 955 g/mol. The van der Waals surface area contributed by atoms with Crippen molar-refractivity contribution in [1.29, 1.82) is 0 Å². The van der Waals surface area contributed by atoms with Gasteiger partial charge in [-0.2, -0.15) is 33.7 Å². The molecule has 20 heteroatoms. The minimum atomic E-state index is -5.09. The lowest BCUT2D eigenvalue weighted by Gasteiger charge is -2.45. The van der Waals surface area contributed by atoms with Crippen LogP contribution in [0, 0.1) is 0 Å². The van der Waals surface area contributed by atoms with Crippen LogP contribution >= 0.6 is 0 Å². The van der Waals surface area contributed by atoms with Crippen molar-refractivity contribution in [3.63, 3.8) is 0 Å². The van der Waals surface area contributed by atoms with Gasteiger partial charge in [0.05, 0.1) is 21.6 Å². The Morgan fingerprint density at radius 2 is 1.27 bits per heavy atom. The summed E-state index contributed by atoms with van der Waals surface area (Å²) >= 11 is 0. The third-order valence-corrected chi connectivity index (χ3v) is 15.4. The van der Waals surface area contributed by atoms with Crippen LogP contribution in [-0.4, -0.2) is 92.1 Å². The molecule has 0 saturated carbocycles. The van der Waals surface area contributed by atoms with Crippen molar-refractivity contribution in [3.05, 3.63) is 134 Å². The molecule has 0 saturated heterocycles. The summed E-state index contributed by atoms with van der Waals surface area (Å²) in [7, 11) is -19.2. The lowest BCUT2D eigenvalue weighted by Crippen LogP contribution is -2.51. The fraction of sp³-hybridized carbons (Fsp3) is 0.318. The first kappa shape index (κ1) is 46.9. The van der Waals surface area contributed by atoms with E-state index in [1.54, 1.807) is 48.8 Å². The van der Waals surface area contributed by atoms with Gasteiger partial charge in [-0.05, 0) is 120 Å². The van der Waals surface area contributed by atoms with Crippen molar-refractivity contribution in [2.45, 2.75) is 81.3 Å². The Balaban J connectivity index is 1.66. The highest BCUT2D eigenvalue weighted by molar-refractivity contribution is 7.87. The zero-order valence-corrected chi connectivity index (χ0v) is 39.0. The zero-order valence-electron chi connectivity index (χ0n) is 35.8. The number of nitrogens with zero attached hydrogens (tertiary/aromatic N) is 2. The Morgan fingerprint density at radius 1 is 0.672 bits per heavy atom. The highest BCUT2D eigenvalue weighted by atomic mass is 32.2. The normalized spacial score (nSPS) is 17.7. The van der Waals surface area contributed by atoms with Crippen molar-refractivity contribution in [1.82, 2.24) is 4.58 Å². The molecule has 2 aliphatic heterocycles. The first-order valence-corrected chi connectivity index (χ1v) is 25.9. The van der Waals surface area contributed by atoms with Crippen molar-refractivity contribution in [2.24, 2.45) is 0 Å². The smallest absolute Gasteiger partial charge is 0.335 e. The highest BCUT2D eigenvalue weighted by Gasteiger charge is 2.42. The van der Waals surface area contributed by atoms with Gasteiger partial charge in [-0.1, -0.05) is 32.1 Å². The summed E-state index contributed by atoms with van der Waals surface area (Å²) in [6.45, 7) is 13.4. The molecule has 4 aromatic rings. The molecule has 2 heterocycles. The van der Waals surface area contributed by atoms with Gasteiger partial charge in [-0.3, -0.25) is 18.2 Å². The lowest BCUT2D eigenvalue weighted by atomic mass is 9.67. The van der Waals surface area contributed by atoms with E-state index in [1.807, 2.05) is 52.8 Å². The number of hydrogen-bond acceptors (Lipinski definition) is 10. The molecule has 0 unspecified atom stereocenters. The van der Waals surface area contributed by atoms with Crippen LogP contribution in [-0.2, 0) is 52.4 Å². The molecule has 0 atom stereocenters. The number of rotatable bonds is 11. The van der Waals surface area contributed by atoms with E-state index in [1.165, 1.54) is 12.1 Å². The van der Waals surface area contributed by atoms with Gasteiger partial charge in [0.15, 0.2) is 12.1 Å². The molecule has 0 amide bonds. The molecule has 7 rings (SSSR count). The second kappa shape index (κ2) is 15.3. The Hall–Kier alpha value is -5.06. The molecule has 16 nitrogen and oxygen atoms in total. The summed E-state index contributed by atoms with van der Waals surface area (Å²) in [5, 5.41) is 10.7. The molecular formula is C44H47N2O14S4+. The second-order valence-electron chi connectivity index (χ2n) is 17.9. The van der Waals surface area contributed by atoms with Crippen LogP contribution in [0.3, 0.4) is 0 Å². The maximum atomic E-state index is 12.8. The fourth-order valence-electron chi connectivity index (χ4n) is 9.49. The predicted molar refractivity (Wildman–Crippen MR) is 240 cm³/mol. The molecule has 3 aliphatic rings. The summed E-state index contributed by atoms with van der Waals surface area (Å²) in [6.07, 6.45) is 3.38. The number of anilines is 1. The number of carbonyl (C=O) groups is 1. The van der Waals surface area contributed by atoms with E-state index in [0.717, 1.165) is 17.7 Å². The number of benzene rings is 4. The fourth-order valence-corrected chi connectivity index (χ4v) is 12.1. The van der Waals surface area contributed by atoms with Gasteiger partial charge in [0.1, 0.15) is 16.4 Å². The van der Waals surface area contributed by atoms with Gasteiger partial charge < -0.3 is 10.0 Å². The molecule has 0 bridgehead atoms. The van der Waals surface area contributed by atoms with Gasteiger partial charge in [-0.25, -0.2) is 9.37 Å². The van der Waals surface area contributed by atoms with Crippen molar-refractivity contribution in [2.75, 3.05) is 23.0 Å². The van der Waals surface area contributed by atoms with Gasteiger partial charge in [0.25, 0.3) is 40.5 Å². The number of fused-ring (bicyclic) bond motifs is 4. The Labute approximate surface area is 371 Å². The van der Waals surface area contributed by atoms with Crippen LogP contribution in [0.4, 0.5) is 5.69 Å². The molecule has 0 spiro atoms. The number of aromatic carboxylic acids is 1. The minimum Gasteiger partial charge on any atom is -0.478 e. The van der Waals surface area contributed by atoms with Crippen LogP contribution in [0.1, 0.15) is 97.8 Å². The summed E-state index contributed by atoms with van der Waals surface area (Å²) < 4.78 is 142. The molecule has 0 fully saturated rings. The number of likely N-dealkylation sites (N-methyl/N-ethyl adjacent to an activating group) is 1. The molecule has 340 valence electrons. The quantitative estimate of drug-likeness (QED) is 0.103. The van der Waals surface area contributed by atoms with E-state index in [-0.39, 0.29) is 23.2 Å². The third-order valence-electron chi connectivity index (χ3n) is 12.2. The first-order valence-electron chi connectivity index (χ1n) is 19.8. The van der Waals surface area contributed by atoms with Gasteiger partial charge >= 0.3 is 5.97 Å². The second-order valence-corrected chi connectivity index (χ2v) is 23.6. The van der Waals surface area contributed by atoms with E-state index in [4.69, 9.17) is 0 Å². The maximum absolute atomic E-state index is 12.8. The van der Waals surface area contributed by atoms with E-state index in [0.29, 0.717) is 67.8 Å². The SMILES string of the molecule is CCN1c2cc3c(cc2C(CS(=O)(=O)O)=CC1(C)C)C(c1ccc(C(=O)O)cc1)=c1cc2c(cc1C3(C)C)=[N+](Cc1ccc(S(=O)(=O)O)cc1S(=O)(=O)O)C(C)(C)C=C2CS(=O)(=O)O. The summed E-state index contributed by atoms with van der Waals surface area (Å²) in [4.78, 5) is 12.5. The minimum absolute atomic E-state index is 0.00105. The third kappa shape index (κ3) is 8.60. The van der Waals surface area contributed by atoms with E-state index >= 15 is 0 Å². The summed E-state index contributed by atoms with van der Waals surface area (Å²) in [6, 6.07) is 16.2. The van der Waals surface area contributed by atoms with E-state index in [2.05, 4.69) is 4.90 Å². The van der Waals surface area contributed by atoms with Crippen LogP contribution in [0.25, 0.3) is 16.7 Å². The maximum Gasteiger partial charge on any atom is 0.335 e. The molecule has 4 aromatic carbocycles. The Kier molecular flexibility index (Phi) is 11.2. The molecule has 64 heavy (non-hydrogen) atoms. The van der Waals surface area contributed by atoms with Gasteiger partial charge in [0.2, 0.25) is 5.36 Å². The standard InChI is InChI=1S/C44H46N2O14S4/c1-8-45-37-18-35-33(16-31(37)28(20-42(45,2)3)23-61(49,50)51)40(25-9-11-26(12-10-25)41(47)48)34-17-32-29(24-62(52,53)54)21-43(4,5)46(38(32)19-36(34)44(35,6)7)22-27-13-14-30(63(55,56)57)15-39(27)64(58,59)60/h9-21H,8,22-24H2,1-7H3,(H4-,47,48,49,50,51,52,53,54,55,56,57,58,59,60)/p+1. The molecule has 1 aliphatic carbocycles. The van der Waals surface area contributed by atoms with Crippen LogP contribution in [0.15, 0.2) is 88.7 Å². The Morgan fingerprint density at radius 3 is 1.80 bits per heavy atom. The van der Waals surface area contributed by atoms with Crippen molar-refractivity contribution >= 4 is 68.8 Å². The average Bonchev–Trinajstić information content (AvgIpc) is 3.13. The summed E-state index contributed by atoms with van der Waals surface area (Å²) in [5.41, 5.74) is 2.35. The Bertz CT molecular complexity index is 3390. The van der Waals surface area contributed by atoms with E-state index in [9.17, 15) is 61.8 Å². The lowest BCUT2D eigenvalue weighted by molar-refractivity contribution is 0.0696. The van der Waals surface area contributed by atoms with Gasteiger partial charge in [0, 0.05) is 48.7 Å². The van der Waals surface area contributed by atoms with Crippen LogP contribution < -0.4 is 20.1 Å². The molecular weight excluding hydrogens is 909 g/mol. The summed E-state index contributed by atoms with van der Waals surface area (Å²) in [5.74, 6) is -2.68. The van der Waals surface area contributed by atoms with Crippen LogP contribution in [0.2, 0.25) is 0 Å². The predicted octanol–water partition coefficient (Wildman–Crippen LogP) is 4.41. The van der Waals surface area contributed by atoms with E-state index < -0.39 is 84.2 Å². The first-order chi connectivity index (χ1) is 29.2. The number of carboxylic acid groups (broad SMARTS) is 1. The van der Waals surface area contributed by atoms with Crippen molar-refractivity contribution in [3.8, 4) is 0 Å². The van der Waals surface area contributed by atoms with Crippen molar-refractivity contribution < 1.29 is 61.8 Å². The van der Waals surface area contributed by atoms with Gasteiger partial charge in [-0.15, -0.1) is 0 Å². The highest BCUT2D eigenvalue weighted by Crippen LogP contribution is 2.48. The number of carboxylic acids is 1.